The SMILES string of the molecule is COC(=O)C(N)Cc1ccc(OC2CCCOC2)cc1. The quantitative estimate of drug-likeness (QED) is 0.822. The van der Waals surface area contributed by atoms with E-state index < -0.39 is 12.0 Å². The van der Waals surface area contributed by atoms with E-state index in [0.717, 1.165) is 30.8 Å². The summed E-state index contributed by atoms with van der Waals surface area (Å²) < 4.78 is 15.8. The standard InChI is InChI=1S/C15H21NO4/c1-18-15(17)14(16)9-11-4-6-12(7-5-11)20-13-3-2-8-19-10-13/h4-7,13-14H,2-3,8-10,16H2,1H3. The molecule has 5 nitrogen and oxygen atoms in total. The first-order chi connectivity index (χ1) is 9.69. The lowest BCUT2D eigenvalue weighted by Crippen LogP contribution is -2.33. The number of hydrogen-bond donors (Lipinski definition) is 1. The molecule has 1 saturated heterocycles. The third-order valence-corrected chi connectivity index (χ3v) is 3.30. The Labute approximate surface area is 119 Å². The van der Waals surface area contributed by atoms with Crippen LogP contribution in [0.2, 0.25) is 0 Å². The first kappa shape index (κ1) is 14.8. The van der Waals surface area contributed by atoms with Crippen molar-refractivity contribution in [3.05, 3.63) is 29.8 Å². The molecule has 110 valence electrons. The molecule has 20 heavy (non-hydrogen) atoms. The molecule has 0 amide bonds. The van der Waals surface area contributed by atoms with Crippen molar-refractivity contribution < 1.29 is 19.0 Å². The minimum absolute atomic E-state index is 0.131. The van der Waals surface area contributed by atoms with Crippen LogP contribution in [-0.2, 0) is 20.7 Å². The molecule has 0 spiro atoms. The predicted octanol–water partition coefficient (Wildman–Crippen LogP) is 1.29. The molecule has 2 rings (SSSR count). The highest BCUT2D eigenvalue weighted by atomic mass is 16.5. The Morgan fingerprint density at radius 3 is 2.80 bits per heavy atom. The maximum Gasteiger partial charge on any atom is 0.322 e. The molecule has 0 aliphatic carbocycles. The van der Waals surface area contributed by atoms with Crippen molar-refractivity contribution in [1.29, 1.82) is 0 Å². The van der Waals surface area contributed by atoms with Crippen LogP contribution in [0.4, 0.5) is 0 Å². The van der Waals surface area contributed by atoms with Crippen molar-refractivity contribution in [2.45, 2.75) is 31.4 Å². The summed E-state index contributed by atoms with van der Waals surface area (Å²) in [4.78, 5) is 11.3. The molecule has 1 fully saturated rings. The Morgan fingerprint density at radius 2 is 2.20 bits per heavy atom. The van der Waals surface area contributed by atoms with Crippen LogP contribution in [0.1, 0.15) is 18.4 Å². The van der Waals surface area contributed by atoms with Crippen LogP contribution in [-0.4, -0.2) is 38.4 Å². The van der Waals surface area contributed by atoms with Gasteiger partial charge in [0.2, 0.25) is 0 Å². The zero-order valence-electron chi connectivity index (χ0n) is 11.7. The van der Waals surface area contributed by atoms with Crippen LogP contribution in [0.5, 0.6) is 5.75 Å². The Kier molecular flexibility index (Phi) is 5.38. The third kappa shape index (κ3) is 4.21. The van der Waals surface area contributed by atoms with E-state index in [-0.39, 0.29) is 6.10 Å². The van der Waals surface area contributed by atoms with Gasteiger partial charge in [-0.2, -0.15) is 0 Å². The molecule has 2 unspecified atom stereocenters. The Balaban J connectivity index is 1.87. The number of esters is 1. The van der Waals surface area contributed by atoms with Crippen LogP contribution < -0.4 is 10.5 Å². The Morgan fingerprint density at radius 1 is 1.45 bits per heavy atom. The van der Waals surface area contributed by atoms with E-state index in [1.54, 1.807) is 0 Å². The van der Waals surface area contributed by atoms with E-state index in [1.807, 2.05) is 24.3 Å². The third-order valence-electron chi connectivity index (χ3n) is 3.30. The molecule has 1 aliphatic heterocycles. The van der Waals surface area contributed by atoms with Gasteiger partial charge in [-0.25, -0.2) is 0 Å². The molecule has 0 bridgehead atoms. The van der Waals surface area contributed by atoms with E-state index in [2.05, 4.69) is 4.74 Å². The molecule has 1 aromatic rings. The van der Waals surface area contributed by atoms with Gasteiger partial charge in [-0.05, 0) is 37.0 Å². The summed E-state index contributed by atoms with van der Waals surface area (Å²) in [5.74, 6) is 0.417. The number of benzene rings is 1. The van der Waals surface area contributed by atoms with E-state index >= 15 is 0 Å². The lowest BCUT2D eigenvalue weighted by Gasteiger charge is -2.23. The van der Waals surface area contributed by atoms with Crippen molar-refractivity contribution in [2.75, 3.05) is 20.3 Å². The first-order valence-electron chi connectivity index (χ1n) is 6.86. The maximum atomic E-state index is 11.3. The van der Waals surface area contributed by atoms with Gasteiger partial charge in [-0.1, -0.05) is 12.1 Å². The van der Waals surface area contributed by atoms with Crippen molar-refractivity contribution >= 4 is 5.97 Å². The summed E-state index contributed by atoms with van der Waals surface area (Å²) >= 11 is 0. The number of hydrogen-bond acceptors (Lipinski definition) is 5. The summed E-state index contributed by atoms with van der Waals surface area (Å²) in [6.45, 7) is 1.47. The van der Waals surface area contributed by atoms with Crippen LogP contribution in [0.25, 0.3) is 0 Å². The van der Waals surface area contributed by atoms with Gasteiger partial charge in [0.1, 0.15) is 17.9 Å². The van der Waals surface area contributed by atoms with Gasteiger partial charge in [-0.15, -0.1) is 0 Å². The smallest absolute Gasteiger partial charge is 0.322 e. The van der Waals surface area contributed by atoms with E-state index in [9.17, 15) is 4.79 Å². The molecule has 5 heteroatoms. The number of carbonyl (C=O) groups is 1. The Bertz CT molecular complexity index is 426. The number of ether oxygens (including phenoxy) is 3. The fourth-order valence-corrected chi connectivity index (χ4v) is 2.19. The van der Waals surface area contributed by atoms with Crippen molar-refractivity contribution in [1.82, 2.24) is 0 Å². The molecule has 2 atom stereocenters. The fraction of sp³-hybridized carbons (Fsp3) is 0.533. The molecular weight excluding hydrogens is 258 g/mol. The second kappa shape index (κ2) is 7.26. The molecule has 2 N–H and O–H groups in total. The number of rotatable bonds is 5. The molecule has 0 radical (unpaired) electrons. The molecule has 0 saturated carbocycles. The minimum Gasteiger partial charge on any atom is -0.488 e. The Hall–Kier alpha value is -1.59. The summed E-state index contributed by atoms with van der Waals surface area (Å²) in [6, 6.07) is 7.00. The second-order valence-corrected chi connectivity index (χ2v) is 4.93. The molecule has 0 aromatic heterocycles. The molecule has 1 aliphatic rings. The highest BCUT2D eigenvalue weighted by Gasteiger charge is 2.16. The number of carbonyl (C=O) groups excluding carboxylic acids is 1. The summed E-state index contributed by atoms with van der Waals surface area (Å²) in [6.07, 6.45) is 2.65. The van der Waals surface area contributed by atoms with E-state index in [0.29, 0.717) is 13.0 Å². The average molecular weight is 279 g/mol. The van der Waals surface area contributed by atoms with Gasteiger partial charge in [0, 0.05) is 6.61 Å². The fourth-order valence-electron chi connectivity index (χ4n) is 2.19. The lowest BCUT2D eigenvalue weighted by atomic mass is 10.1. The average Bonchev–Trinajstić information content (AvgIpc) is 2.49. The summed E-state index contributed by atoms with van der Waals surface area (Å²) in [5, 5.41) is 0. The van der Waals surface area contributed by atoms with Crippen LogP contribution in [0, 0.1) is 0 Å². The van der Waals surface area contributed by atoms with Gasteiger partial charge < -0.3 is 19.9 Å². The molecule has 1 heterocycles. The second-order valence-electron chi connectivity index (χ2n) is 4.93. The summed E-state index contributed by atoms with van der Waals surface area (Å²) in [7, 11) is 1.34. The van der Waals surface area contributed by atoms with E-state index in [1.165, 1.54) is 7.11 Å². The normalized spacial score (nSPS) is 20.2. The van der Waals surface area contributed by atoms with Crippen LogP contribution in [0.15, 0.2) is 24.3 Å². The van der Waals surface area contributed by atoms with Gasteiger partial charge in [0.05, 0.1) is 13.7 Å². The lowest BCUT2D eigenvalue weighted by molar-refractivity contribution is -0.142. The van der Waals surface area contributed by atoms with Crippen molar-refractivity contribution in [3.8, 4) is 5.75 Å². The van der Waals surface area contributed by atoms with Gasteiger partial charge >= 0.3 is 5.97 Å². The minimum atomic E-state index is -0.626. The van der Waals surface area contributed by atoms with Crippen LogP contribution >= 0.6 is 0 Å². The highest BCUT2D eigenvalue weighted by Crippen LogP contribution is 2.18. The monoisotopic (exact) mass is 279 g/mol. The zero-order valence-corrected chi connectivity index (χ0v) is 11.7. The van der Waals surface area contributed by atoms with Gasteiger partial charge in [0.25, 0.3) is 0 Å². The molecule has 1 aromatic carbocycles. The largest absolute Gasteiger partial charge is 0.488 e. The maximum absolute atomic E-state index is 11.3. The zero-order chi connectivity index (χ0) is 14.4. The van der Waals surface area contributed by atoms with Crippen LogP contribution in [0.3, 0.4) is 0 Å². The highest BCUT2D eigenvalue weighted by molar-refractivity contribution is 5.75. The topological polar surface area (TPSA) is 70.8 Å². The van der Waals surface area contributed by atoms with E-state index in [4.69, 9.17) is 15.2 Å². The summed E-state index contributed by atoms with van der Waals surface area (Å²) in [5.41, 5.74) is 6.71. The number of nitrogens with two attached hydrogens (primary N) is 1. The first-order valence-corrected chi connectivity index (χ1v) is 6.86. The number of methoxy groups -OCH3 is 1. The predicted molar refractivity (Wildman–Crippen MR) is 74.6 cm³/mol. The van der Waals surface area contributed by atoms with Crippen molar-refractivity contribution in [3.63, 3.8) is 0 Å². The molecular formula is C15H21NO4. The van der Waals surface area contributed by atoms with Crippen molar-refractivity contribution in [2.24, 2.45) is 5.73 Å². The van der Waals surface area contributed by atoms with Gasteiger partial charge in [-0.3, -0.25) is 4.79 Å². The van der Waals surface area contributed by atoms with Gasteiger partial charge in [0.15, 0.2) is 0 Å².